The van der Waals surface area contributed by atoms with Crippen LogP contribution in [0.15, 0.2) is 42.7 Å². The second kappa shape index (κ2) is 8.70. The van der Waals surface area contributed by atoms with Crippen molar-refractivity contribution in [2.75, 3.05) is 20.2 Å². The van der Waals surface area contributed by atoms with E-state index in [-0.39, 0.29) is 5.91 Å². The first-order valence-electron chi connectivity index (χ1n) is 9.13. The highest BCUT2D eigenvalue weighted by Gasteiger charge is 2.22. The number of amides is 1. The van der Waals surface area contributed by atoms with E-state index in [0.29, 0.717) is 12.3 Å². The van der Waals surface area contributed by atoms with Gasteiger partial charge in [0.25, 0.3) is 0 Å². The van der Waals surface area contributed by atoms with Crippen molar-refractivity contribution in [2.24, 2.45) is 5.92 Å². The molecular weight excluding hydrogens is 314 g/mol. The molecule has 0 unspecified atom stereocenters. The molecule has 0 bridgehead atoms. The molecule has 0 N–H and O–H groups in total. The number of hydrogen-bond donors (Lipinski definition) is 0. The Morgan fingerprint density at radius 1 is 1.24 bits per heavy atom. The average molecular weight is 341 g/mol. The van der Waals surface area contributed by atoms with Gasteiger partial charge in [-0.3, -0.25) is 9.48 Å². The lowest BCUT2D eigenvalue weighted by Gasteiger charge is -2.32. The highest BCUT2D eigenvalue weighted by molar-refractivity contribution is 5.76. The van der Waals surface area contributed by atoms with Crippen LogP contribution < -0.4 is 4.74 Å². The summed E-state index contributed by atoms with van der Waals surface area (Å²) in [6.45, 7) is 2.74. The normalized spacial score (nSPS) is 15.3. The van der Waals surface area contributed by atoms with E-state index in [0.717, 1.165) is 56.6 Å². The minimum absolute atomic E-state index is 0.261. The number of para-hydroxylation sites is 1. The van der Waals surface area contributed by atoms with Gasteiger partial charge in [-0.15, -0.1) is 0 Å². The number of methoxy groups -OCH3 is 1. The van der Waals surface area contributed by atoms with Crippen molar-refractivity contribution in [3.05, 3.63) is 48.3 Å². The van der Waals surface area contributed by atoms with Crippen molar-refractivity contribution in [2.45, 2.75) is 38.6 Å². The maximum atomic E-state index is 12.5. The van der Waals surface area contributed by atoms with E-state index in [1.54, 1.807) is 7.11 Å². The zero-order valence-electron chi connectivity index (χ0n) is 14.9. The third-order valence-electron chi connectivity index (χ3n) is 5.09. The Morgan fingerprint density at radius 2 is 2.04 bits per heavy atom. The summed E-state index contributed by atoms with van der Waals surface area (Å²) in [6, 6.07) is 9.90. The number of piperidine rings is 1. The van der Waals surface area contributed by atoms with Crippen LogP contribution in [0.3, 0.4) is 0 Å². The summed E-state index contributed by atoms with van der Waals surface area (Å²) in [5.41, 5.74) is 1.10. The second-order valence-electron chi connectivity index (χ2n) is 6.69. The lowest BCUT2D eigenvalue weighted by Crippen LogP contribution is -2.38. The van der Waals surface area contributed by atoms with Crippen molar-refractivity contribution in [3.63, 3.8) is 0 Å². The van der Waals surface area contributed by atoms with Crippen LogP contribution >= 0.6 is 0 Å². The molecule has 1 aromatic carbocycles. The number of benzene rings is 1. The molecule has 1 fully saturated rings. The SMILES string of the molecule is COc1ccccc1CCC(=O)N1CCC(CCn2cccn2)CC1. The van der Waals surface area contributed by atoms with E-state index in [1.807, 2.05) is 52.3 Å². The summed E-state index contributed by atoms with van der Waals surface area (Å²) in [4.78, 5) is 14.5. The van der Waals surface area contributed by atoms with E-state index < -0.39 is 0 Å². The molecule has 2 aromatic rings. The number of aryl methyl sites for hydroxylation is 2. The molecule has 0 aliphatic carbocycles. The topological polar surface area (TPSA) is 47.4 Å². The molecule has 2 heterocycles. The fourth-order valence-electron chi connectivity index (χ4n) is 3.53. The Balaban J connectivity index is 1.40. The first kappa shape index (κ1) is 17.5. The zero-order chi connectivity index (χ0) is 17.5. The van der Waals surface area contributed by atoms with Gasteiger partial charge in [-0.25, -0.2) is 0 Å². The second-order valence-corrected chi connectivity index (χ2v) is 6.69. The zero-order valence-corrected chi connectivity index (χ0v) is 14.9. The van der Waals surface area contributed by atoms with Gasteiger partial charge in [-0.2, -0.15) is 5.10 Å². The molecule has 1 aliphatic rings. The van der Waals surface area contributed by atoms with Crippen LogP contribution in [0.1, 0.15) is 31.2 Å². The number of aromatic nitrogens is 2. The van der Waals surface area contributed by atoms with Crippen LogP contribution in [-0.2, 0) is 17.8 Å². The number of likely N-dealkylation sites (tertiary alicyclic amines) is 1. The van der Waals surface area contributed by atoms with Crippen LogP contribution in [0.25, 0.3) is 0 Å². The molecule has 5 nitrogen and oxygen atoms in total. The third-order valence-corrected chi connectivity index (χ3v) is 5.09. The van der Waals surface area contributed by atoms with Gasteiger partial charge in [-0.1, -0.05) is 18.2 Å². The van der Waals surface area contributed by atoms with Crippen LogP contribution in [-0.4, -0.2) is 40.8 Å². The molecule has 0 atom stereocenters. The number of nitrogens with zero attached hydrogens (tertiary/aromatic N) is 3. The number of ether oxygens (including phenoxy) is 1. The van der Waals surface area contributed by atoms with Gasteiger partial charge in [-0.05, 0) is 49.3 Å². The molecular formula is C20H27N3O2. The maximum absolute atomic E-state index is 12.5. The number of carbonyl (C=O) groups is 1. The van der Waals surface area contributed by atoms with E-state index in [1.165, 1.54) is 0 Å². The average Bonchev–Trinajstić information content (AvgIpc) is 3.18. The fraction of sp³-hybridized carbons (Fsp3) is 0.500. The van der Waals surface area contributed by atoms with E-state index in [2.05, 4.69) is 5.10 Å². The summed E-state index contributed by atoms with van der Waals surface area (Å²) < 4.78 is 7.35. The Kier molecular flexibility index (Phi) is 6.09. The standard InChI is InChI=1S/C20H27N3O2/c1-25-19-6-3-2-5-18(19)7-8-20(24)22-14-9-17(10-15-22)11-16-23-13-4-12-21-23/h2-6,12-13,17H,7-11,14-16H2,1H3. The van der Waals surface area contributed by atoms with Gasteiger partial charge in [0, 0.05) is 38.4 Å². The summed E-state index contributed by atoms with van der Waals surface area (Å²) in [5, 5.41) is 4.25. The highest BCUT2D eigenvalue weighted by atomic mass is 16.5. The van der Waals surface area contributed by atoms with E-state index in [9.17, 15) is 4.79 Å². The molecule has 1 saturated heterocycles. The molecule has 25 heavy (non-hydrogen) atoms. The fourth-order valence-corrected chi connectivity index (χ4v) is 3.53. The van der Waals surface area contributed by atoms with Crippen molar-refractivity contribution in [1.29, 1.82) is 0 Å². The molecule has 1 aromatic heterocycles. The minimum atomic E-state index is 0.261. The van der Waals surface area contributed by atoms with Gasteiger partial charge < -0.3 is 9.64 Å². The largest absolute Gasteiger partial charge is 0.496 e. The van der Waals surface area contributed by atoms with Gasteiger partial charge in [0.1, 0.15) is 5.75 Å². The summed E-state index contributed by atoms with van der Waals surface area (Å²) in [5.74, 6) is 1.83. The van der Waals surface area contributed by atoms with E-state index in [4.69, 9.17) is 4.74 Å². The van der Waals surface area contributed by atoms with Crippen LogP contribution in [0.5, 0.6) is 5.75 Å². The smallest absolute Gasteiger partial charge is 0.222 e. The number of rotatable bonds is 7. The van der Waals surface area contributed by atoms with Crippen LogP contribution in [0.4, 0.5) is 0 Å². The lowest BCUT2D eigenvalue weighted by atomic mass is 9.93. The maximum Gasteiger partial charge on any atom is 0.222 e. The molecule has 1 amide bonds. The van der Waals surface area contributed by atoms with Crippen LogP contribution in [0.2, 0.25) is 0 Å². The van der Waals surface area contributed by atoms with Gasteiger partial charge in [0.2, 0.25) is 5.91 Å². The molecule has 1 aliphatic heterocycles. The monoisotopic (exact) mass is 341 g/mol. The van der Waals surface area contributed by atoms with E-state index >= 15 is 0 Å². The molecule has 0 spiro atoms. The predicted octanol–water partition coefficient (Wildman–Crippen LogP) is 3.15. The first-order chi connectivity index (χ1) is 12.3. The summed E-state index contributed by atoms with van der Waals surface area (Å²) >= 11 is 0. The summed E-state index contributed by atoms with van der Waals surface area (Å²) in [7, 11) is 1.68. The molecule has 5 heteroatoms. The molecule has 0 saturated carbocycles. The molecule has 3 rings (SSSR count). The van der Waals surface area contributed by atoms with Crippen LogP contribution in [0, 0.1) is 5.92 Å². The number of hydrogen-bond acceptors (Lipinski definition) is 3. The first-order valence-corrected chi connectivity index (χ1v) is 9.13. The molecule has 134 valence electrons. The Labute approximate surface area is 149 Å². The highest BCUT2D eigenvalue weighted by Crippen LogP contribution is 2.23. The Morgan fingerprint density at radius 3 is 2.76 bits per heavy atom. The Hall–Kier alpha value is -2.30. The van der Waals surface area contributed by atoms with Gasteiger partial charge in [0.15, 0.2) is 0 Å². The Bertz CT molecular complexity index is 661. The van der Waals surface area contributed by atoms with Crippen molar-refractivity contribution >= 4 is 5.91 Å². The molecule has 0 radical (unpaired) electrons. The lowest BCUT2D eigenvalue weighted by molar-refractivity contribution is -0.132. The quantitative estimate of drug-likeness (QED) is 0.777. The van der Waals surface area contributed by atoms with Gasteiger partial charge in [0.05, 0.1) is 7.11 Å². The van der Waals surface area contributed by atoms with Crippen molar-refractivity contribution < 1.29 is 9.53 Å². The van der Waals surface area contributed by atoms with Crippen molar-refractivity contribution in [3.8, 4) is 5.75 Å². The summed E-state index contributed by atoms with van der Waals surface area (Å²) in [6.07, 6.45) is 8.47. The predicted molar refractivity (Wildman–Crippen MR) is 97.5 cm³/mol. The third kappa shape index (κ3) is 4.84. The van der Waals surface area contributed by atoms with Gasteiger partial charge >= 0.3 is 0 Å². The number of carbonyl (C=O) groups excluding carboxylic acids is 1. The van der Waals surface area contributed by atoms with Crippen molar-refractivity contribution in [1.82, 2.24) is 14.7 Å². The minimum Gasteiger partial charge on any atom is -0.496 e.